The number of aromatic carboxylic acids is 1. The van der Waals surface area contributed by atoms with Crippen molar-refractivity contribution < 1.29 is 23.1 Å². The Labute approximate surface area is 141 Å². The highest BCUT2D eigenvalue weighted by Gasteiger charge is 2.30. The lowest BCUT2D eigenvalue weighted by molar-refractivity contribution is -0.120. The van der Waals surface area contributed by atoms with E-state index in [1.54, 1.807) is 26.0 Å². The van der Waals surface area contributed by atoms with Crippen LogP contribution in [0.1, 0.15) is 35.7 Å². The zero-order valence-electron chi connectivity index (χ0n) is 13.8. The minimum absolute atomic E-state index is 0.0503. The van der Waals surface area contributed by atoms with Crippen molar-refractivity contribution >= 4 is 27.6 Å². The van der Waals surface area contributed by atoms with E-state index in [0.29, 0.717) is 25.9 Å². The summed E-state index contributed by atoms with van der Waals surface area (Å²) in [5.74, 6) is -1.64. The van der Waals surface area contributed by atoms with Crippen LogP contribution in [0.3, 0.4) is 0 Å². The molecule has 1 aliphatic heterocycles. The van der Waals surface area contributed by atoms with Crippen LogP contribution in [0.15, 0.2) is 18.2 Å². The van der Waals surface area contributed by atoms with E-state index in [2.05, 4.69) is 5.32 Å². The van der Waals surface area contributed by atoms with Gasteiger partial charge in [0, 0.05) is 19.0 Å². The molecule has 2 N–H and O–H groups in total. The lowest BCUT2D eigenvalue weighted by atomic mass is 9.97. The first kappa shape index (κ1) is 18.4. The van der Waals surface area contributed by atoms with Crippen molar-refractivity contribution in [3.05, 3.63) is 29.3 Å². The van der Waals surface area contributed by atoms with Gasteiger partial charge in [-0.15, -0.1) is 0 Å². The fourth-order valence-corrected chi connectivity index (χ4v) is 3.89. The number of anilines is 1. The number of amides is 1. The first-order valence-electron chi connectivity index (χ1n) is 7.87. The second-order valence-corrected chi connectivity index (χ2v) is 8.17. The third kappa shape index (κ3) is 4.12. The average molecular weight is 354 g/mol. The molecule has 0 unspecified atom stereocenters. The number of carboxylic acids is 1. The van der Waals surface area contributed by atoms with Crippen LogP contribution in [0.4, 0.5) is 5.69 Å². The quantitative estimate of drug-likeness (QED) is 0.837. The van der Waals surface area contributed by atoms with E-state index in [-0.39, 0.29) is 28.8 Å². The Kier molecular flexibility index (Phi) is 5.61. The Hall–Kier alpha value is -1.93. The predicted octanol–water partition coefficient (Wildman–Crippen LogP) is 1.69. The summed E-state index contributed by atoms with van der Waals surface area (Å²) in [7, 11) is -3.23. The summed E-state index contributed by atoms with van der Waals surface area (Å²) in [6.45, 7) is 4.00. The molecule has 8 heteroatoms. The second-order valence-electron chi connectivity index (χ2n) is 5.92. The van der Waals surface area contributed by atoms with Crippen LogP contribution in [-0.2, 0) is 14.8 Å². The summed E-state index contributed by atoms with van der Waals surface area (Å²) in [6.07, 6.45) is 0.860. The molecule has 0 spiro atoms. The number of piperidine rings is 1. The van der Waals surface area contributed by atoms with Gasteiger partial charge < -0.3 is 10.4 Å². The van der Waals surface area contributed by atoms with Gasteiger partial charge in [0.15, 0.2) is 0 Å². The van der Waals surface area contributed by atoms with E-state index < -0.39 is 16.0 Å². The van der Waals surface area contributed by atoms with Gasteiger partial charge in [-0.2, -0.15) is 0 Å². The topological polar surface area (TPSA) is 104 Å². The lowest BCUT2D eigenvalue weighted by Gasteiger charge is -2.30. The standard InChI is InChI=1S/C16H22N2O5S/c1-3-24(22,23)18-8-6-12(7-9-18)15(19)17-14-5-4-11(2)10-13(14)16(20)21/h4-5,10,12H,3,6-9H2,1-2H3,(H,17,19)(H,20,21). The average Bonchev–Trinajstić information content (AvgIpc) is 2.56. The van der Waals surface area contributed by atoms with Crippen molar-refractivity contribution in [3.63, 3.8) is 0 Å². The number of carbonyl (C=O) groups is 2. The predicted molar refractivity (Wildman–Crippen MR) is 90.5 cm³/mol. The van der Waals surface area contributed by atoms with E-state index in [9.17, 15) is 23.1 Å². The monoisotopic (exact) mass is 354 g/mol. The van der Waals surface area contributed by atoms with Gasteiger partial charge in [-0.25, -0.2) is 17.5 Å². The van der Waals surface area contributed by atoms with Gasteiger partial charge in [0.2, 0.25) is 15.9 Å². The van der Waals surface area contributed by atoms with Crippen molar-refractivity contribution in [2.75, 3.05) is 24.2 Å². The van der Waals surface area contributed by atoms with E-state index in [4.69, 9.17) is 0 Å². The third-order valence-electron chi connectivity index (χ3n) is 4.25. The van der Waals surface area contributed by atoms with E-state index in [1.807, 2.05) is 0 Å². The van der Waals surface area contributed by atoms with E-state index in [1.165, 1.54) is 10.4 Å². The molecule has 0 aromatic heterocycles. The highest BCUT2D eigenvalue weighted by Crippen LogP contribution is 2.23. The molecule has 1 saturated heterocycles. The molecule has 0 bridgehead atoms. The Balaban J connectivity index is 2.04. The molecular formula is C16H22N2O5S. The maximum absolute atomic E-state index is 12.4. The molecule has 1 aromatic carbocycles. The number of sulfonamides is 1. The number of hydrogen-bond donors (Lipinski definition) is 2. The zero-order chi connectivity index (χ0) is 17.9. The van der Waals surface area contributed by atoms with Crippen LogP contribution in [-0.4, -0.2) is 48.5 Å². The summed E-state index contributed by atoms with van der Waals surface area (Å²) in [6, 6.07) is 4.82. The van der Waals surface area contributed by atoms with Crippen LogP contribution >= 0.6 is 0 Å². The molecule has 0 atom stereocenters. The van der Waals surface area contributed by atoms with Crippen molar-refractivity contribution in [2.24, 2.45) is 5.92 Å². The van der Waals surface area contributed by atoms with Gasteiger partial charge in [-0.3, -0.25) is 4.79 Å². The first-order chi connectivity index (χ1) is 11.2. The lowest BCUT2D eigenvalue weighted by Crippen LogP contribution is -2.42. The van der Waals surface area contributed by atoms with Crippen molar-refractivity contribution in [3.8, 4) is 0 Å². The normalized spacial score (nSPS) is 16.8. The highest BCUT2D eigenvalue weighted by atomic mass is 32.2. The molecule has 0 saturated carbocycles. The van der Waals surface area contributed by atoms with E-state index in [0.717, 1.165) is 5.56 Å². The molecule has 1 amide bonds. The van der Waals surface area contributed by atoms with Gasteiger partial charge in [-0.05, 0) is 38.8 Å². The summed E-state index contributed by atoms with van der Waals surface area (Å²) < 4.78 is 25.1. The van der Waals surface area contributed by atoms with Crippen molar-refractivity contribution in [1.82, 2.24) is 4.31 Å². The number of carbonyl (C=O) groups excluding carboxylic acids is 1. The first-order valence-corrected chi connectivity index (χ1v) is 9.48. The fraction of sp³-hybridized carbons (Fsp3) is 0.500. The minimum atomic E-state index is -3.23. The van der Waals surface area contributed by atoms with Crippen LogP contribution in [0, 0.1) is 12.8 Å². The Morgan fingerprint density at radius 3 is 2.46 bits per heavy atom. The number of nitrogens with zero attached hydrogens (tertiary/aromatic N) is 1. The number of carboxylic acid groups (broad SMARTS) is 1. The largest absolute Gasteiger partial charge is 0.478 e. The second kappa shape index (κ2) is 7.31. The summed E-state index contributed by atoms with van der Waals surface area (Å²) in [5.41, 5.74) is 1.11. The Morgan fingerprint density at radius 2 is 1.92 bits per heavy atom. The summed E-state index contributed by atoms with van der Waals surface area (Å²) >= 11 is 0. The SMILES string of the molecule is CCS(=O)(=O)N1CCC(C(=O)Nc2ccc(C)cc2C(=O)O)CC1. The maximum Gasteiger partial charge on any atom is 0.337 e. The molecule has 24 heavy (non-hydrogen) atoms. The number of aryl methyl sites for hydroxylation is 1. The molecule has 1 aliphatic rings. The molecule has 0 aliphatic carbocycles. The van der Waals surface area contributed by atoms with Gasteiger partial charge in [0.1, 0.15) is 0 Å². The minimum Gasteiger partial charge on any atom is -0.478 e. The Bertz CT molecular complexity index is 737. The zero-order valence-corrected chi connectivity index (χ0v) is 14.6. The van der Waals surface area contributed by atoms with Gasteiger partial charge in [-0.1, -0.05) is 11.6 Å². The molecule has 132 valence electrons. The van der Waals surface area contributed by atoms with Crippen LogP contribution in [0.5, 0.6) is 0 Å². The number of hydrogen-bond acceptors (Lipinski definition) is 4. The maximum atomic E-state index is 12.4. The highest BCUT2D eigenvalue weighted by molar-refractivity contribution is 7.89. The third-order valence-corrected chi connectivity index (χ3v) is 6.13. The number of nitrogens with one attached hydrogen (secondary N) is 1. The fourth-order valence-electron chi connectivity index (χ4n) is 2.76. The molecule has 0 radical (unpaired) electrons. The smallest absolute Gasteiger partial charge is 0.337 e. The van der Waals surface area contributed by atoms with Gasteiger partial charge in [0.05, 0.1) is 17.0 Å². The van der Waals surface area contributed by atoms with Crippen molar-refractivity contribution in [1.29, 1.82) is 0 Å². The van der Waals surface area contributed by atoms with Crippen LogP contribution in [0.25, 0.3) is 0 Å². The number of rotatable bonds is 5. The van der Waals surface area contributed by atoms with Gasteiger partial charge in [0.25, 0.3) is 0 Å². The molecular weight excluding hydrogens is 332 g/mol. The molecule has 1 fully saturated rings. The molecule has 7 nitrogen and oxygen atoms in total. The molecule has 2 rings (SSSR count). The van der Waals surface area contributed by atoms with E-state index >= 15 is 0 Å². The van der Waals surface area contributed by atoms with Crippen molar-refractivity contribution in [2.45, 2.75) is 26.7 Å². The van der Waals surface area contributed by atoms with Crippen LogP contribution < -0.4 is 5.32 Å². The summed E-state index contributed by atoms with van der Waals surface area (Å²) in [5, 5.41) is 11.9. The molecule has 1 aromatic rings. The molecule has 1 heterocycles. The number of benzene rings is 1. The Morgan fingerprint density at radius 1 is 1.29 bits per heavy atom. The van der Waals surface area contributed by atoms with Gasteiger partial charge >= 0.3 is 5.97 Å². The van der Waals surface area contributed by atoms with Crippen LogP contribution in [0.2, 0.25) is 0 Å². The summed E-state index contributed by atoms with van der Waals surface area (Å²) in [4.78, 5) is 23.7.